The molecule has 0 aliphatic heterocycles. The highest BCUT2D eigenvalue weighted by atomic mass is 79.9. The lowest BCUT2D eigenvalue weighted by Crippen LogP contribution is -2.23. The quantitative estimate of drug-likeness (QED) is 0.782. The van der Waals surface area contributed by atoms with Crippen molar-refractivity contribution in [2.24, 2.45) is 0 Å². The van der Waals surface area contributed by atoms with Crippen LogP contribution in [0.25, 0.3) is 0 Å². The molecule has 0 aliphatic carbocycles. The zero-order chi connectivity index (χ0) is 14.5. The van der Waals surface area contributed by atoms with Crippen LogP contribution in [0.5, 0.6) is 0 Å². The van der Waals surface area contributed by atoms with Crippen LogP contribution in [0.3, 0.4) is 0 Å². The zero-order valence-electron chi connectivity index (χ0n) is 11.2. The van der Waals surface area contributed by atoms with Crippen molar-refractivity contribution >= 4 is 27.5 Å². The van der Waals surface area contributed by atoms with E-state index in [-0.39, 0.29) is 11.9 Å². The minimum absolute atomic E-state index is 0.0717. The summed E-state index contributed by atoms with van der Waals surface area (Å²) >= 11 is 9.64. The summed E-state index contributed by atoms with van der Waals surface area (Å²) < 4.78 is 14.2. The molecule has 1 nitrogen and oxygen atoms in total. The van der Waals surface area contributed by atoms with E-state index in [4.69, 9.17) is 11.6 Å². The van der Waals surface area contributed by atoms with Crippen molar-refractivity contribution in [3.05, 3.63) is 68.9 Å². The summed E-state index contributed by atoms with van der Waals surface area (Å²) in [4.78, 5) is 0. The molecule has 0 aliphatic rings. The van der Waals surface area contributed by atoms with E-state index in [2.05, 4.69) is 33.4 Å². The Labute approximate surface area is 132 Å². The van der Waals surface area contributed by atoms with Crippen molar-refractivity contribution in [3.8, 4) is 0 Å². The molecular formula is C16H16BrClFN. The van der Waals surface area contributed by atoms with Gasteiger partial charge in [-0.15, -0.1) is 0 Å². The Morgan fingerprint density at radius 3 is 2.70 bits per heavy atom. The van der Waals surface area contributed by atoms with Crippen LogP contribution in [0.15, 0.2) is 46.9 Å². The fraction of sp³-hybridized carbons (Fsp3) is 0.250. The van der Waals surface area contributed by atoms with Crippen molar-refractivity contribution < 1.29 is 4.39 Å². The first-order valence-corrected chi connectivity index (χ1v) is 7.70. The summed E-state index contributed by atoms with van der Waals surface area (Å²) in [6.07, 6.45) is 0.804. The van der Waals surface area contributed by atoms with E-state index < -0.39 is 0 Å². The standard InChI is InChI=1S/C16H16BrClFN/c1-2-20-16(9-11-4-3-5-12(17)8-11)14-7-6-13(19)10-15(14)18/h3-8,10,16,20H,2,9H2,1H3. The molecule has 0 bridgehead atoms. The molecule has 1 N–H and O–H groups in total. The first kappa shape index (κ1) is 15.5. The molecule has 4 heteroatoms. The Hall–Kier alpha value is -0.900. The summed E-state index contributed by atoms with van der Waals surface area (Å²) in [6.45, 7) is 2.87. The smallest absolute Gasteiger partial charge is 0.124 e. The van der Waals surface area contributed by atoms with Crippen LogP contribution < -0.4 is 5.32 Å². The van der Waals surface area contributed by atoms with Gasteiger partial charge in [0, 0.05) is 15.5 Å². The van der Waals surface area contributed by atoms with E-state index >= 15 is 0 Å². The van der Waals surface area contributed by atoms with E-state index in [0.717, 1.165) is 23.0 Å². The van der Waals surface area contributed by atoms with Crippen LogP contribution in [0, 0.1) is 5.82 Å². The number of hydrogen-bond acceptors (Lipinski definition) is 1. The molecule has 1 unspecified atom stereocenters. The molecule has 20 heavy (non-hydrogen) atoms. The molecule has 0 saturated heterocycles. The summed E-state index contributed by atoms with van der Waals surface area (Å²) in [7, 11) is 0. The number of halogens is 3. The summed E-state index contributed by atoms with van der Waals surface area (Å²) in [6, 6.07) is 12.8. The van der Waals surface area contributed by atoms with Gasteiger partial charge in [0.15, 0.2) is 0 Å². The SMILES string of the molecule is CCNC(Cc1cccc(Br)c1)c1ccc(F)cc1Cl. The van der Waals surface area contributed by atoms with E-state index in [1.807, 2.05) is 19.1 Å². The second-order valence-electron chi connectivity index (χ2n) is 4.61. The van der Waals surface area contributed by atoms with Crippen molar-refractivity contribution in [3.63, 3.8) is 0 Å². The molecule has 0 heterocycles. The zero-order valence-corrected chi connectivity index (χ0v) is 13.5. The lowest BCUT2D eigenvalue weighted by molar-refractivity contribution is 0.547. The highest BCUT2D eigenvalue weighted by Crippen LogP contribution is 2.27. The number of hydrogen-bond donors (Lipinski definition) is 1. The van der Waals surface area contributed by atoms with Crippen LogP contribution in [-0.4, -0.2) is 6.54 Å². The molecule has 2 rings (SSSR count). The van der Waals surface area contributed by atoms with Crippen molar-refractivity contribution in [1.29, 1.82) is 0 Å². The molecule has 2 aromatic rings. The topological polar surface area (TPSA) is 12.0 Å². The van der Waals surface area contributed by atoms with E-state index in [0.29, 0.717) is 5.02 Å². The number of nitrogens with one attached hydrogen (secondary N) is 1. The molecule has 0 aromatic heterocycles. The molecule has 106 valence electrons. The Morgan fingerprint density at radius 2 is 2.05 bits per heavy atom. The molecule has 1 atom stereocenters. The van der Waals surface area contributed by atoms with Crippen molar-refractivity contribution in [2.45, 2.75) is 19.4 Å². The van der Waals surface area contributed by atoms with Crippen LogP contribution in [-0.2, 0) is 6.42 Å². The fourth-order valence-electron chi connectivity index (χ4n) is 2.22. The third-order valence-electron chi connectivity index (χ3n) is 3.12. The molecule has 0 radical (unpaired) electrons. The highest BCUT2D eigenvalue weighted by Gasteiger charge is 2.15. The van der Waals surface area contributed by atoms with Gasteiger partial charge in [0.2, 0.25) is 0 Å². The Bertz CT molecular complexity index is 588. The molecule has 0 amide bonds. The van der Waals surface area contributed by atoms with Gasteiger partial charge in [-0.1, -0.05) is 52.7 Å². The Morgan fingerprint density at radius 1 is 1.25 bits per heavy atom. The lowest BCUT2D eigenvalue weighted by atomic mass is 9.98. The van der Waals surface area contributed by atoms with Gasteiger partial charge in [0.1, 0.15) is 5.82 Å². The van der Waals surface area contributed by atoms with Crippen LogP contribution in [0.1, 0.15) is 24.1 Å². The Kier molecular flexibility index (Phi) is 5.58. The fourth-order valence-corrected chi connectivity index (χ4v) is 2.97. The third-order valence-corrected chi connectivity index (χ3v) is 3.94. The monoisotopic (exact) mass is 355 g/mol. The first-order chi connectivity index (χ1) is 9.60. The highest BCUT2D eigenvalue weighted by molar-refractivity contribution is 9.10. The average Bonchev–Trinajstić information content (AvgIpc) is 2.38. The number of benzene rings is 2. The number of likely N-dealkylation sites (N-methyl/N-ethyl adjacent to an activating group) is 1. The van der Waals surface area contributed by atoms with Gasteiger partial charge in [-0.05, 0) is 48.4 Å². The maximum absolute atomic E-state index is 13.2. The van der Waals surface area contributed by atoms with Gasteiger partial charge < -0.3 is 5.32 Å². The van der Waals surface area contributed by atoms with Gasteiger partial charge >= 0.3 is 0 Å². The molecule has 0 saturated carbocycles. The predicted octanol–water partition coefficient (Wildman–Crippen LogP) is 5.13. The molecule has 2 aromatic carbocycles. The van der Waals surface area contributed by atoms with Gasteiger partial charge in [-0.2, -0.15) is 0 Å². The van der Waals surface area contributed by atoms with E-state index in [1.165, 1.54) is 17.7 Å². The van der Waals surface area contributed by atoms with Gasteiger partial charge in [-0.3, -0.25) is 0 Å². The van der Waals surface area contributed by atoms with Crippen LogP contribution >= 0.6 is 27.5 Å². The second-order valence-corrected chi connectivity index (χ2v) is 5.93. The summed E-state index contributed by atoms with van der Waals surface area (Å²) in [5.41, 5.74) is 2.13. The summed E-state index contributed by atoms with van der Waals surface area (Å²) in [5, 5.41) is 3.87. The Balaban J connectivity index is 2.26. The largest absolute Gasteiger partial charge is 0.310 e. The lowest BCUT2D eigenvalue weighted by Gasteiger charge is -2.20. The van der Waals surface area contributed by atoms with Gasteiger partial charge in [0.05, 0.1) is 0 Å². The number of rotatable bonds is 5. The molecular weight excluding hydrogens is 341 g/mol. The van der Waals surface area contributed by atoms with Crippen molar-refractivity contribution in [2.75, 3.05) is 6.54 Å². The van der Waals surface area contributed by atoms with E-state index in [1.54, 1.807) is 6.07 Å². The minimum Gasteiger partial charge on any atom is -0.310 e. The maximum Gasteiger partial charge on any atom is 0.124 e. The van der Waals surface area contributed by atoms with Crippen LogP contribution in [0.2, 0.25) is 5.02 Å². The molecule has 0 fully saturated rings. The van der Waals surface area contributed by atoms with Gasteiger partial charge in [0.25, 0.3) is 0 Å². The second kappa shape index (κ2) is 7.21. The van der Waals surface area contributed by atoms with Crippen LogP contribution in [0.4, 0.5) is 4.39 Å². The predicted molar refractivity (Wildman–Crippen MR) is 85.7 cm³/mol. The molecule has 0 spiro atoms. The maximum atomic E-state index is 13.2. The first-order valence-electron chi connectivity index (χ1n) is 6.53. The van der Waals surface area contributed by atoms with Crippen molar-refractivity contribution in [1.82, 2.24) is 5.32 Å². The third kappa shape index (κ3) is 4.05. The minimum atomic E-state index is -0.309. The van der Waals surface area contributed by atoms with Gasteiger partial charge in [-0.25, -0.2) is 4.39 Å². The summed E-state index contributed by atoms with van der Waals surface area (Å²) in [5.74, 6) is -0.309. The average molecular weight is 357 g/mol. The van der Waals surface area contributed by atoms with E-state index in [9.17, 15) is 4.39 Å². The normalized spacial score (nSPS) is 12.4.